The zero-order chi connectivity index (χ0) is 14.6. The van der Waals surface area contributed by atoms with E-state index in [0.29, 0.717) is 0 Å². The lowest BCUT2D eigenvalue weighted by molar-refractivity contribution is 0.562. The second kappa shape index (κ2) is 6.25. The molecule has 0 bridgehead atoms. The highest BCUT2D eigenvalue weighted by atomic mass is 15.2. The summed E-state index contributed by atoms with van der Waals surface area (Å²) in [6.07, 6.45) is 8.76. The number of fused-ring (bicyclic) bond motifs is 1. The van der Waals surface area contributed by atoms with Gasteiger partial charge in [0.15, 0.2) is 5.82 Å². The lowest BCUT2D eigenvalue weighted by atomic mass is 9.92. The molecule has 1 N–H and O–H groups in total. The van der Waals surface area contributed by atoms with Crippen LogP contribution in [0.5, 0.6) is 0 Å². The van der Waals surface area contributed by atoms with E-state index in [9.17, 15) is 0 Å². The van der Waals surface area contributed by atoms with Crippen molar-refractivity contribution in [1.29, 1.82) is 0 Å². The lowest BCUT2D eigenvalue weighted by Gasteiger charge is -2.13. The predicted molar refractivity (Wildman–Crippen MR) is 84.3 cm³/mol. The minimum absolute atomic E-state index is 0.0599. The molecule has 2 rings (SSSR count). The molecule has 0 atom stereocenters. The summed E-state index contributed by atoms with van der Waals surface area (Å²) in [5.74, 6) is 0.937. The van der Waals surface area contributed by atoms with Crippen LogP contribution in [0.3, 0.4) is 0 Å². The first-order valence-electron chi connectivity index (χ1n) is 7.61. The van der Waals surface area contributed by atoms with Gasteiger partial charge in [-0.25, -0.2) is 9.50 Å². The largest absolute Gasteiger partial charge is 0.368 e. The highest BCUT2D eigenvalue weighted by Gasteiger charge is 2.18. The molecule has 0 aromatic carbocycles. The van der Waals surface area contributed by atoms with E-state index in [1.807, 2.05) is 10.7 Å². The van der Waals surface area contributed by atoms with E-state index < -0.39 is 0 Å². The van der Waals surface area contributed by atoms with Gasteiger partial charge in [0.1, 0.15) is 5.52 Å². The van der Waals surface area contributed by atoms with Crippen molar-refractivity contribution in [2.75, 3.05) is 11.9 Å². The van der Waals surface area contributed by atoms with Crippen molar-refractivity contribution in [1.82, 2.24) is 14.6 Å². The Morgan fingerprint density at radius 1 is 1.20 bits per heavy atom. The molecule has 4 heteroatoms. The Balaban J connectivity index is 2.11. The number of nitrogens with zero attached hydrogens (tertiary/aromatic N) is 3. The van der Waals surface area contributed by atoms with Crippen LogP contribution in [0, 0.1) is 0 Å². The first-order valence-corrected chi connectivity index (χ1v) is 7.61. The molecule has 110 valence electrons. The van der Waals surface area contributed by atoms with E-state index in [4.69, 9.17) is 0 Å². The molecule has 0 saturated heterocycles. The van der Waals surface area contributed by atoms with Gasteiger partial charge in [0, 0.05) is 24.4 Å². The average Bonchev–Trinajstić information content (AvgIpc) is 2.83. The molecule has 0 saturated carbocycles. The molecular weight excluding hydrogens is 248 g/mol. The molecule has 0 aliphatic carbocycles. The maximum Gasteiger partial charge on any atom is 0.152 e. The highest BCUT2D eigenvalue weighted by molar-refractivity contribution is 5.68. The monoisotopic (exact) mass is 274 g/mol. The number of hydrogen-bond donors (Lipinski definition) is 1. The van der Waals surface area contributed by atoms with Crippen LogP contribution in [0.15, 0.2) is 18.5 Å². The molecule has 0 unspecified atom stereocenters. The van der Waals surface area contributed by atoms with Crippen molar-refractivity contribution in [3.05, 3.63) is 24.2 Å². The van der Waals surface area contributed by atoms with E-state index in [1.54, 1.807) is 6.20 Å². The summed E-state index contributed by atoms with van der Waals surface area (Å²) < 4.78 is 1.92. The Morgan fingerprint density at radius 3 is 2.70 bits per heavy atom. The van der Waals surface area contributed by atoms with Crippen LogP contribution in [-0.2, 0) is 5.41 Å². The number of aromatic nitrogens is 3. The van der Waals surface area contributed by atoms with E-state index >= 15 is 0 Å². The molecule has 2 heterocycles. The summed E-state index contributed by atoms with van der Waals surface area (Å²) in [6, 6.07) is 2.14. The van der Waals surface area contributed by atoms with Crippen molar-refractivity contribution < 1.29 is 0 Å². The molecule has 20 heavy (non-hydrogen) atoms. The normalized spacial score (nSPS) is 12.0. The number of nitrogens with one attached hydrogen (secondary N) is 1. The summed E-state index contributed by atoms with van der Waals surface area (Å²) in [6.45, 7) is 9.75. The van der Waals surface area contributed by atoms with Gasteiger partial charge in [-0.2, -0.15) is 5.10 Å². The molecule has 0 radical (unpaired) electrons. The topological polar surface area (TPSA) is 42.2 Å². The summed E-state index contributed by atoms with van der Waals surface area (Å²) in [7, 11) is 0. The second-order valence-corrected chi connectivity index (χ2v) is 6.37. The second-order valence-electron chi connectivity index (χ2n) is 6.37. The molecular formula is C16H26N4. The van der Waals surface area contributed by atoms with Gasteiger partial charge in [-0.15, -0.1) is 0 Å². The molecule has 0 amide bonds. The maximum atomic E-state index is 4.64. The Kier molecular flexibility index (Phi) is 4.63. The fourth-order valence-corrected chi connectivity index (χ4v) is 2.18. The zero-order valence-electron chi connectivity index (χ0n) is 13.1. The van der Waals surface area contributed by atoms with Crippen LogP contribution in [0.2, 0.25) is 0 Å². The Hall–Kier alpha value is -1.58. The van der Waals surface area contributed by atoms with Gasteiger partial charge in [-0.05, 0) is 12.5 Å². The van der Waals surface area contributed by atoms with Crippen molar-refractivity contribution in [3.8, 4) is 0 Å². The maximum absolute atomic E-state index is 4.64. The van der Waals surface area contributed by atoms with E-state index in [0.717, 1.165) is 23.6 Å². The molecule has 0 aliphatic rings. The molecule has 0 spiro atoms. The molecule has 4 nitrogen and oxygen atoms in total. The van der Waals surface area contributed by atoms with Crippen molar-refractivity contribution in [2.45, 2.75) is 58.8 Å². The third-order valence-corrected chi connectivity index (χ3v) is 3.48. The minimum Gasteiger partial charge on any atom is -0.368 e. The smallest absolute Gasteiger partial charge is 0.152 e. The Bertz CT molecular complexity index is 551. The first-order chi connectivity index (χ1) is 9.52. The fraction of sp³-hybridized carbons (Fsp3) is 0.625. The highest BCUT2D eigenvalue weighted by Crippen LogP contribution is 2.24. The van der Waals surface area contributed by atoms with Gasteiger partial charge in [0.25, 0.3) is 0 Å². The molecule has 0 fully saturated rings. The number of hydrogen-bond acceptors (Lipinski definition) is 3. The fourth-order valence-electron chi connectivity index (χ4n) is 2.18. The van der Waals surface area contributed by atoms with Gasteiger partial charge in [-0.3, -0.25) is 0 Å². The zero-order valence-corrected chi connectivity index (χ0v) is 13.1. The van der Waals surface area contributed by atoms with E-state index in [1.165, 1.54) is 25.7 Å². The van der Waals surface area contributed by atoms with Crippen LogP contribution >= 0.6 is 0 Å². The van der Waals surface area contributed by atoms with Crippen molar-refractivity contribution in [3.63, 3.8) is 0 Å². The number of rotatable bonds is 6. The Morgan fingerprint density at radius 2 is 2.00 bits per heavy atom. The van der Waals surface area contributed by atoms with Gasteiger partial charge in [0.2, 0.25) is 0 Å². The Labute approximate surface area is 121 Å². The first kappa shape index (κ1) is 14.8. The number of anilines is 1. The van der Waals surface area contributed by atoms with E-state index in [2.05, 4.69) is 49.2 Å². The van der Waals surface area contributed by atoms with Crippen LogP contribution in [0.4, 0.5) is 5.82 Å². The van der Waals surface area contributed by atoms with Gasteiger partial charge < -0.3 is 5.32 Å². The quantitative estimate of drug-likeness (QED) is 0.809. The SMILES string of the molecule is CCCCCCNc1nccn2nc(C(C)(C)C)cc12. The minimum atomic E-state index is 0.0599. The average molecular weight is 274 g/mol. The standard InChI is InChI=1S/C16H26N4/c1-5-6-7-8-9-17-15-13-12-14(16(2,3)4)19-20(13)11-10-18-15/h10-12H,5-9H2,1-4H3,(H,17,18). The van der Waals surface area contributed by atoms with Crippen LogP contribution in [0.1, 0.15) is 59.1 Å². The van der Waals surface area contributed by atoms with Crippen molar-refractivity contribution >= 4 is 11.3 Å². The van der Waals surface area contributed by atoms with Gasteiger partial charge in [0.05, 0.1) is 5.69 Å². The van der Waals surface area contributed by atoms with Gasteiger partial charge >= 0.3 is 0 Å². The van der Waals surface area contributed by atoms with Crippen molar-refractivity contribution in [2.24, 2.45) is 0 Å². The van der Waals surface area contributed by atoms with Gasteiger partial charge in [-0.1, -0.05) is 47.0 Å². The third-order valence-electron chi connectivity index (χ3n) is 3.48. The molecule has 2 aromatic heterocycles. The lowest BCUT2D eigenvalue weighted by Crippen LogP contribution is -2.11. The molecule has 2 aromatic rings. The summed E-state index contributed by atoms with van der Waals surface area (Å²) in [5, 5.41) is 8.08. The summed E-state index contributed by atoms with van der Waals surface area (Å²) in [5.41, 5.74) is 2.22. The summed E-state index contributed by atoms with van der Waals surface area (Å²) in [4.78, 5) is 4.45. The molecule has 0 aliphatic heterocycles. The third kappa shape index (κ3) is 3.50. The van der Waals surface area contributed by atoms with Crippen LogP contribution in [-0.4, -0.2) is 21.1 Å². The van der Waals surface area contributed by atoms with E-state index in [-0.39, 0.29) is 5.41 Å². The number of unbranched alkanes of at least 4 members (excludes halogenated alkanes) is 3. The van der Waals surface area contributed by atoms with Crippen LogP contribution in [0.25, 0.3) is 5.52 Å². The van der Waals surface area contributed by atoms with Crippen LogP contribution < -0.4 is 5.32 Å². The predicted octanol–water partition coefficient (Wildman–Crippen LogP) is 4.02. The summed E-state index contributed by atoms with van der Waals surface area (Å²) >= 11 is 0.